The topological polar surface area (TPSA) is 79.2 Å². The number of anilines is 1. The van der Waals surface area contributed by atoms with Gasteiger partial charge in [0.15, 0.2) is 5.82 Å². The number of carbonyl (C=O) groups excluding carboxylic acids is 1. The molecule has 0 bridgehead atoms. The lowest BCUT2D eigenvalue weighted by Gasteiger charge is -2.34. The molecule has 0 atom stereocenters. The van der Waals surface area contributed by atoms with Gasteiger partial charge in [-0.25, -0.2) is 9.18 Å². The SMILES string of the molecule is Cc1cccc(NC(=O)N2CCN(Cc3nnnn3-c3ccc(F)cc3)CC2)c1. The average Bonchev–Trinajstić information content (AvgIpc) is 3.17. The highest BCUT2D eigenvalue weighted by atomic mass is 19.1. The smallest absolute Gasteiger partial charge is 0.321 e. The summed E-state index contributed by atoms with van der Waals surface area (Å²) in [5, 5.41) is 14.8. The summed E-state index contributed by atoms with van der Waals surface area (Å²) in [6.07, 6.45) is 0. The molecule has 3 aromatic rings. The first-order chi connectivity index (χ1) is 14.1. The standard InChI is InChI=1S/C20H22FN7O/c1-15-3-2-4-17(13-15)22-20(29)27-11-9-26(10-12-27)14-19-23-24-25-28(19)18-7-5-16(21)6-8-18/h2-8,13H,9-12,14H2,1H3,(H,22,29). The van der Waals surface area contributed by atoms with Crippen LogP contribution in [0.2, 0.25) is 0 Å². The van der Waals surface area contributed by atoms with Crippen LogP contribution in [-0.4, -0.2) is 62.2 Å². The monoisotopic (exact) mass is 395 g/mol. The van der Waals surface area contributed by atoms with E-state index in [9.17, 15) is 9.18 Å². The first kappa shape index (κ1) is 19.0. The molecule has 1 fully saturated rings. The van der Waals surface area contributed by atoms with Crippen molar-refractivity contribution in [3.8, 4) is 5.69 Å². The van der Waals surface area contributed by atoms with Gasteiger partial charge >= 0.3 is 6.03 Å². The minimum absolute atomic E-state index is 0.0913. The lowest BCUT2D eigenvalue weighted by molar-refractivity contribution is 0.140. The number of urea groups is 1. The van der Waals surface area contributed by atoms with Gasteiger partial charge in [-0.05, 0) is 59.3 Å². The Labute approximate surface area is 167 Å². The maximum absolute atomic E-state index is 13.2. The van der Waals surface area contributed by atoms with Gasteiger partial charge in [-0.2, -0.15) is 4.68 Å². The van der Waals surface area contributed by atoms with Gasteiger partial charge in [0, 0.05) is 31.9 Å². The van der Waals surface area contributed by atoms with Crippen LogP contribution < -0.4 is 5.32 Å². The molecule has 0 radical (unpaired) electrons. The number of nitrogens with zero attached hydrogens (tertiary/aromatic N) is 6. The molecule has 0 spiro atoms. The summed E-state index contributed by atoms with van der Waals surface area (Å²) in [7, 11) is 0. The molecule has 1 aliphatic heterocycles. The number of aromatic nitrogens is 4. The van der Waals surface area contributed by atoms with Gasteiger partial charge in [0.1, 0.15) is 5.82 Å². The zero-order valence-electron chi connectivity index (χ0n) is 16.1. The second-order valence-electron chi connectivity index (χ2n) is 7.05. The number of rotatable bonds is 4. The fraction of sp³-hybridized carbons (Fsp3) is 0.300. The van der Waals surface area contributed by atoms with E-state index in [0.29, 0.717) is 31.1 Å². The Kier molecular flexibility index (Phi) is 5.48. The molecule has 1 N–H and O–H groups in total. The number of tetrazole rings is 1. The third-order valence-corrected chi connectivity index (χ3v) is 4.90. The molecule has 150 valence electrons. The van der Waals surface area contributed by atoms with Crippen LogP contribution in [0.5, 0.6) is 0 Å². The molecule has 29 heavy (non-hydrogen) atoms. The third kappa shape index (κ3) is 4.57. The van der Waals surface area contributed by atoms with Crippen LogP contribution in [0.15, 0.2) is 48.5 Å². The van der Waals surface area contributed by atoms with Gasteiger partial charge in [0.05, 0.1) is 12.2 Å². The van der Waals surface area contributed by atoms with E-state index in [4.69, 9.17) is 0 Å². The number of halogens is 1. The minimum atomic E-state index is -0.302. The van der Waals surface area contributed by atoms with E-state index in [1.54, 1.807) is 16.8 Å². The van der Waals surface area contributed by atoms with Crippen LogP contribution in [-0.2, 0) is 6.54 Å². The Morgan fingerprint density at radius 1 is 1.10 bits per heavy atom. The summed E-state index contributed by atoms with van der Waals surface area (Å²) in [5.74, 6) is 0.373. The number of aryl methyl sites for hydroxylation is 1. The van der Waals surface area contributed by atoms with Gasteiger partial charge < -0.3 is 10.2 Å². The van der Waals surface area contributed by atoms with Gasteiger partial charge in [-0.15, -0.1) is 5.10 Å². The van der Waals surface area contributed by atoms with Crippen molar-refractivity contribution in [3.63, 3.8) is 0 Å². The third-order valence-electron chi connectivity index (χ3n) is 4.90. The van der Waals surface area contributed by atoms with Crippen LogP contribution in [0.1, 0.15) is 11.4 Å². The minimum Gasteiger partial charge on any atom is -0.322 e. The molecule has 0 unspecified atom stereocenters. The number of hydrogen-bond donors (Lipinski definition) is 1. The average molecular weight is 395 g/mol. The van der Waals surface area contributed by atoms with E-state index in [0.717, 1.165) is 24.3 Å². The first-order valence-electron chi connectivity index (χ1n) is 9.46. The summed E-state index contributed by atoms with van der Waals surface area (Å²) < 4.78 is 14.8. The van der Waals surface area contributed by atoms with Crippen LogP contribution in [0.4, 0.5) is 14.9 Å². The number of hydrogen-bond acceptors (Lipinski definition) is 5. The van der Waals surface area contributed by atoms with Gasteiger partial charge in [-0.1, -0.05) is 12.1 Å². The fourth-order valence-corrected chi connectivity index (χ4v) is 3.32. The van der Waals surface area contributed by atoms with E-state index in [1.807, 2.05) is 36.1 Å². The quantitative estimate of drug-likeness (QED) is 0.734. The zero-order valence-corrected chi connectivity index (χ0v) is 16.1. The normalized spacial score (nSPS) is 14.8. The van der Waals surface area contributed by atoms with E-state index < -0.39 is 0 Å². The van der Waals surface area contributed by atoms with Crippen LogP contribution >= 0.6 is 0 Å². The Bertz CT molecular complexity index is 981. The van der Waals surface area contributed by atoms with Crippen molar-refractivity contribution in [1.82, 2.24) is 30.0 Å². The molecule has 8 nitrogen and oxygen atoms in total. The number of carbonyl (C=O) groups is 1. The number of nitrogens with one attached hydrogen (secondary N) is 1. The summed E-state index contributed by atoms with van der Waals surface area (Å²) >= 11 is 0. The van der Waals surface area contributed by atoms with Crippen molar-refractivity contribution in [2.24, 2.45) is 0 Å². The number of amides is 2. The highest BCUT2D eigenvalue weighted by Gasteiger charge is 2.23. The highest BCUT2D eigenvalue weighted by molar-refractivity contribution is 5.89. The summed E-state index contributed by atoms with van der Waals surface area (Å²) in [6.45, 7) is 5.23. The maximum atomic E-state index is 13.2. The molecule has 4 rings (SSSR count). The van der Waals surface area contributed by atoms with Crippen LogP contribution in [0.3, 0.4) is 0 Å². The second kappa shape index (κ2) is 8.36. The summed E-state index contributed by atoms with van der Waals surface area (Å²) in [4.78, 5) is 16.5. The van der Waals surface area contributed by atoms with Crippen molar-refractivity contribution >= 4 is 11.7 Å². The van der Waals surface area contributed by atoms with E-state index in [1.165, 1.54) is 12.1 Å². The van der Waals surface area contributed by atoms with Gasteiger partial charge in [0.2, 0.25) is 0 Å². The van der Waals surface area contributed by atoms with Crippen molar-refractivity contribution in [1.29, 1.82) is 0 Å². The molecule has 2 amide bonds. The largest absolute Gasteiger partial charge is 0.322 e. The van der Waals surface area contributed by atoms with Crippen molar-refractivity contribution in [2.45, 2.75) is 13.5 Å². The summed E-state index contributed by atoms with van der Waals surface area (Å²) in [6, 6.07) is 13.7. The fourth-order valence-electron chi connectivity index (χ4n) is 3.32. The summed E-state index contributed by atoms with van der Waals surface area (Å²) in [5.41, 5.74) is 2.62. The van der Waals surface area contributed by atoms with E-state index >= 15 is 0 Å². The van der Waals surface area contributed by atoms with Crippen molar-refractivity contribution in [2.75, 3.05) is 31.5 Å². The Morgan fingerprint density at radius 2 is 1.86 bits per heavy atom. The molecule has 9 heteroatoms. The number of piperazine rings is 1. The van der Waals surface area contributed by atoms with Crippen molar-refractivity contribution in [3.05, 3.63) is 65.7 Å². The molecule has 0 saturated carbocycles. The molecule has 1 aromatic heterocycles. The van der Waals surface area contributed by atoms with Gasteiger partial charge in [-0.3, -0.25) is 4.90 Å². The Hall–Kier alpha value is -3.33. The van der Waals surface area contributed by atoms with E-state index in [-0.39, 0.29) is 11.8 Å². The highest BCUT2D eigenvalue weighted by Crippen LogP contribution is 2.14. The van der Waals surface area contributed by atoms with E-state index in [2.05, 4.69) is 25.7 Å². The molecule has 2 heterocycles. The molecular formula is C20H22FN7O. The lowest BCUT2D eigenvalue weighted by Crippen LogP contribution is -2.49. The van der Waals surface area contributed by atoms with Crippen LogP contribution in [0.25, 0.3) is 5.69 Å². The zero-order chi connectivity index (χ0) is 20.2. The van der Waals surface area contributed by atoms with Crippen LogP contribution in [0, 0.1) is 12.7 Å². The Morgan fingerprint density at radius 3 is 2.59 bits per heavy atom. The lowest BCUT2D eigenvalue weighted by atomic mass is 10.2. The second-order valence-corrected chi connectivity index (χ2v) is 7.05. The molecular weight excluding hydrogens is 373 g/mol. The predicted molar refractivity (Wildman–Crippen MR) is 106 cm³/mol. The molecule has 0 aliphatic carbocycles. The number of benzene rings is 2. The van der Waals surface area contributed by atoms with Crippen molar-refractivity contribution < 1.29 is 9.18 Å². The maximum Gasteiger partial charge on any atom is 0.321 e. The first-order valence-corrected chi connectivity index (χ1v) is 9.46. The molecule has 1 saturated heterocycles. The van der Waals surface area contributed by atoms with Gasteiger partial charge in [0.25, 0.3) is 0 Å². The predicted octanol–water partition coefficient (Wildman–Crippen LogP) is 2.46. The molecule has 2 aromatic carbocycles. The Balaban J connectivity index is 1.33. The molecule has 1 aliphatic rings.